The number of para-hydroxylation sites is 2. The number of aromatic nitrogens is 1. The molecule has 1 N–H and O–H groups in total. The van der Waals surface area contributed by atoms with Gasteiger partial charge in [-0.3, -0.25) is 0 Å². The number of rotatable bonds is 7. The number of hydrogen-bond donors (Lipinski definition) is 1. The average molecular weight is 770 g/mol. The molecule has 0 aliphatic rings. The zero-order valence-corrected chi connectivity index (χ0v) is 32.7. The highest BCUT2D eigenvalue weighted by Crippen LogP contribution is 2.42. The molecule has 3 nitrogen and oxygen atoms in total. The summed E-state index contributed by atoms with van der Waals surface area (Å²) in [6.45, 7) is 0. The van der Waals surface area contributed by atoms with E-state index in [0.717, 1.165) is 61.5 Å². The molecule has 0 radical (unpaired) electrons. The fraction of sp³-hybridized carbons (Fsp3) is 0. The number of fused-ring (bicyclic) bond motifs is 6. The number of anilines is 2. The number of benzene rings is 9. The topological polar surface area (TPSA) is 40.8 Å². The van der Waals surface area contributed by atoms with Crippen molar-refractivity contribution >= 4 is 64.7 Å². The van der Waals surface area contributed by atoms with Crippen molar-refractivity contribution in [1.29, 1.82) is 5.26 Å². The van der Waals surface area contributed by atoms with Crippen molar-refractivity contribution in [2.75, 3.05) is 5.32 Å². The molecule has 0 aliphatic carbocycles. The second-order valence-electron chi connectivity index (χ2n) is 14.9. The smallest absolute Gasteiger partial charge is 0.0992 e. The molecule has 0 spiro atoms. The van der Waals surface area contributed by atoms with Crippen LogP contribution in [0.2, 0.25) is 0 Å². The van der Waals surface area contributed by atoms with E-state index in [1.807, 2.05) is 35.6 Å². The standard InChI is InChI=1S/C55H35N3S/c56-35-36-12-8-19-44(30-36)58-52-24-6-4-20-46(52)50-34-40(27-29-53(50)58)38-14-9-13-37(31-38)39-26-28-51(57-43-17-2-1-3-18-43)49(33-39)42-16-10-15-41(32-42)45-22-11-23-48-47-21-5-7-25-54(47)59-55(45)48/h1-34,57H. The monoisotopic (exact) mass is 769 g/mol. The van der Waals surface area contributed by atoms with Gasteiger partial charge >= 0.3 is 0 Å². The van der Waals surface area contributed by atoms with Crippen LogP contribution in [-0.4, -0.2) is 4.57 Å². The van der Waals surface area contributed by atoms with Crippen molar-refractivity contribution < 1.29 is 0 Å². The first-order chi connectivity index (χ1) is 29.2. The Morgan fingerprint density at radius 1 is 0.424 bits per heavy atom. The van der Waals surface area contributed by atoms with Crippen molar-refractivity contribution in [2.24, 2.45) is 0 Å². The Balaban J connectivity index is 1.01. The Kier molecular flexibility index (Phi) is 8.40. The molecule has 0 bridgehead atoms. The van der Waals surface area contributed by atoms with Crippen LogP contribution in [0.3, 0.4) is 0 Å². The molecule has 0 saturated carbocycles. The van der Waals surface area contributed by atoms with Gasteiger partial charge in [0.2, 0.25) is 0 Å². The fourth-order valence-electron chi connectivity index (χ4n) is 8.60. The summed E-state index contributed by atoms with van der Waals surface area (Å²) in [4.78, 5) is 0. The van der Waals surface area contributed by atoms with Gasteiger partial charge in [0.15, 0.2) is 0 Å². The van der Waals surface area contributed by atoms with Crippen molar-refractivity contribution in [3.63, 3.8) is 0 Å². The van der Waals surface area contributed by atoms with Gasteiger partial charge in [-0.15, -0.1) is 11.3 Å². The predicted octanol–water partition coefficient (Wildman–Crippen LogP) is 15.4. The molecule has 276 valence electrons. The first-order valence-electron chi connectivity index (χ1n) is 19.8. The summed E-state index contributed by atoms with van der Waals surface area (Å²) in [5.41, 5.74) is 15.3. The van der Waals surface area contributed by atoms with Gasteiger partial charge in [-0.25, -0.2) is 0 Å². The first kappa shape index (κ1) is 34.5. The SMILES string of the molecule is N#Cc1cccc(-n2c3ccccc3c3cc(-c4cccc(-c5ccc(Nc6ccccc6)c(-c6cccc(-c7cccc8c7sc7ccccc78)c6)c5)c4)ccc32)c1. The Morgan fingerprint density at radius 3 is 1.90 bits per heavy atom. The van der Waals surface area contributed by atoms with Gasteiger partial charge in [0.1, 0.15) is 0 Å². The third-order valence-corrected chi connectivity index (χ3v) is 12.6. The van der Waals surface area contributed by atoms with Gasteiger partial charge in [0.05, 0.1) is 22.7 Å². The van der Waals surface area contributed by atoms with Crippen LogP contribution >= 0.6 is 11.3 Å². The van der Waals surface area contributed by atoms with Crippen LogP contribution in [0.5, 0.6) is 0 Å². The number of hydrogen-bond acceptors (Lipinski definition) is 3. The molecule has 11 aromatic rings. The summed E-state index contributed by atoms with van der Waals surface area (Å²) in [6.07, 6.45) is 0. The molecule has 59 heavy (non-hydrogen) atoms. The van der Waals surface area contributed by atoms with Crippen LogP contribution in [0.1, 0.15) is 5.56 Å². The van der Waals surface area contributed by atoms with Crippen LogP contribution in [0.15, 0.2) is 206 Å². The highest BCUT2D eigenvalue weighted by atomic mass is 32.1. The van der Waals surface area contributed by atoms with Crippen LogP contribution in [0, 0.1) is 11.3 Å². The van der Waals surface area contributed by atoms with Crippen LogP contribution in [-0.2, 0) is 0 Å². The number of nitrogens with zero attached hydrogens (tertiary/aromatic N) is 2. The minimum Gasteiger partial charge on any atom is -0.355 e. The highest BCUT2D eigenvalue weighted by Gasteiger charge is 2.16. The Bertz CT molecular complexity index is 3440. The molecule has 0 saturated heterocycles. The molecule has 11 rings (SSSR count). The second-order valence-corrected chi connectivity index (χ2v) is 16.0. The maximum atomic E-state index is 9.64. The minimum atomic E-state index is 0.645. The summed E-state index contributed by atoms with van der Waals surface area (Å²) in [7, 11) is 0. The van der Waals surface area contributed by atoms with E-state index in [4.69, 9.17) is 0 Å². The van der Waals surface area contributed by atoms with Gasteiger partial charge in [0, 0.05) is 53.6 Å². The zero-order chi connectivity index (χ0) is 39.3. The molecule has 2 heterocycles. The van der Waals surface area contributed by atoms with E-state index >= 15 is 0 Å². The summed E-state index contributed by atoms with van der Waals surface area (Å²) >= 11 is 1.87. The maximum absolute atomic E-state index is 9.64. The lowest BCUT2D eigenvalue weighted by Gasteiger charge is -2.16. The van der Waals surface area contributed by atoms with Gasteiger partial charge in [-0.2, -0.15) is 5.26 Å². The van der Waals surface area contributed by atoms with Crippen LogP contribution < -0.4 is 5.32 Å². The maximum Gasteiger partial charge on any atom is 0.0992 e. The Labute approximate surface area is 346 Å². The molecular weight excluding hydrogens is 735 g/mol. The van der Waals surface area contributed by atoms with Crippen molar-refractivity contribution in [3.05, 3.63) is 212 Å². The third kappa shape index (κ3) is 6.13. The van der Waals surface area contributed by atoms with Crippen molar-refractivity contribution in [1.82, 2.24) is 4.57 Å². The van der Waals surface area contributed by atoms with E-state index in [2.05, 4.69) is 198 Å². The summed E-state index contributed by atoms with van der Waals surface area (Å²) < 4.78 is 4.88. The van der Waals surface area contributed by atoms with Crippen molar-refractivity contribution in [3.8, 4) is 56.3 Å². The molecular formula is C55H35N3S. The number of nitriles is 1. The average Bonchev–Trinajstić information content (AvgIpc) is 3.85. The second kappa shape index (κ2) is 14.3. The summed E-state index contributed by atoms with van der Waals surface area (Å²) in [6, 6.07) is 75.8. The van der Waals surface area contributed by atoms with Gasteiger partial charge < -0.3 is 9.88 Å². The lowest BCUT2D eigenvalue weighted by Crippen LogP contribution is -1.95. The van der Waals surface area contributed by atoms with Crippen molar-refractivity contribution in [2.45, 2.75) is 0 Å². The minimum absolute atomic E-state index is 0.645. The Morgan fingerprint density at radius 2 is 1.05 bits per heavy atom. The lowest BCUT2D eigenvalue weighted by molar-refractivity contribution is 1.18. The normalized spacial score (nSPS) is 11.4. The molecule has 0 amide bonds. The molecule has 0 atom stereocenters. The molecule has 0 aliphatic heterocycles. The number of thiophene rings is 1. The van der Waals surface area contributed by atoms with E-state index in [-0.39, 0.29) is 0 Å². The van der Waals surface area contributed by atoms with E-state index < -0.39 is 0 Å². The first-order valence-corrected chi connectivity index (χ1v) is 20.6. The van der Waals surface area contributed by atoms with E-state index in [1.54, 1.807) is 0 Å². The third-order valence-electron chi connectivity index (χ3n) is 11.4. The Hall–Kier alpha value is -7.71. The highest BCUT2D eigenvalue weighted by molar-refractivity contribution is 7.26. The quantitative estimate of drug-likeness (QED) is 0.175. The summed E-state index contributed by atoms with van der Waals surface area (Å²) in [5, 5.41) is 18.3. The largest absolute Gasteiger partial charge is 0.355 e. The molecule has 4 heteroatoms. The van der Waals surface area contributed by atoms with E-state index in [9.17, 15) is 5.26 Å². The molecule has 9 aromatic carbocycles. The zero-order valence-electron chi connectivity index (χ0n) is 31.9. The molecule has 2 aromatic heterocycles. The number of nitrogens with one attached hydrogen (secondary N) is 1. The summed E-state index contributed by atoms with van der Waals surface area (Å²) in [5.74, 6) is 0. The fourth-order valence-corrected chi connectivity index (χ4v) is 9.84. The molecule has 0 unspecified atom stereocenters. The lowest BCUT2D eigenvalue weighted by atomic mass is 9.93. The van der Waals surface area contributed by atoms with Gasteiger partial charge in [0.25, 0.3) is 0 Å². The van der Waals surface area contributed by atoms with E-state index in [0.29, 0.717) is 5.56 Å². The van der Waals surface area contributed by atoms with E-state index in [1.165, 1.54) is 42.1 Å². The molecule has 0 fully saturated rings. The predicted molar refractivity (Wildman–Crippen MR) is 250 cm³/mol. The van der Waals surface area contributed by atoms with Gasteiger partial charge in [-0.1, -0.05) is 127 Å². The van der Waals surface area contributed by atoms with Gasteiger partial charge in [-0.05, 0) is 118 Å². The van der Waals surface area contributed by atoms with Crippen LogP contribution in [0.4, 0.5) is 11.4 Å². The van der Waals surface area contributed by atoms with Crippen LogP contribution in [0.25, 0.3) is 92.2 Å².